The van der Waals surface area contributed by atoms with Crippen LogP contribution in [-0.2, 0) is 9.59 Å². The number of hydrazine groups is 1. The van der Waals surface area contributed by atoms with Crippen molar-refractivity contribution in [2.75, 3.05) is 19.8 Å². The molecule has 4 N–H and O–H groups in total. The third kappa shape index (κ3) is 5.63. The summed E-state index contributed by atoms with van der Waals surface area (Å²) < 4.78 is 10.8. The van der Waals surface area contributed by atoms with E-state index in [0.717, 1.165) is 0 Å². The monoisotopic (exact) mass is 438 g/mol. The summed E-state index contributed by atoms with van der Waals surface area (Å²) in [5.74, 6) is -1.11. The highest BCUT2D eigenvalue weighted by atomic mass is 16.5. The molecule has 3 aromatic rings. The summed E-state index contributed by atoms with van der Waals surface area (Å²) in [6, 6.07) is 13.6. The second-order valence-corrected chi connectivity index (χ2v) is 6.52. The van der Waals surface area contributed by atoms with Crippen molar-refractivity contribution in [1.29, 1.82) is 0 Å². The van der Waals surface area contributed by atoms with Gasteiger partial charge in [0.1, 0.15) is 5.56 Å². The van der Waals surface area contributed by atoms with Crippen LogP contribution in [0.3, 0.4) is 0 Å². The molecule has 0 atom stereocenters. The molecule has 0 aliphatic rings. The van der Waals surface area contributed by atoms with E-state index in [1.54, 1.807) is 48.5 Å². The number of carbonyl (C=O) groups is 3. The molecule has 0 aliphatic heterocycles. The minimum Gasteiger partial charge on any atom is -0.490 e. The zero-order chi connectivity index (χ0) is 22.9. The molecular formula is C22H22N4O6. The number of H-pyrrole nitrogens is 1. The fourth-order valence-electron chi connectivity index (χ4n) is 2.80. The number of aromatic nitrogens is 1. The molecule has 0 radical (unpaired) electrons. The summed E-state index contributed by atoms with van der Waals surface area (Å²) in [6.45, 7) is 1.47. The molecule has 0 bridgehead atoms. The van der Waals surface area contributed by atoms with E-state index in [2.05, 4.69) is 21.2 Å². The first-order valence-electron chi connectivity index (χ1n) is 9.80. The molecule has 10 heteroatoms. The third-order valence-corrected chi connectivity index (χ3v) is 4.29. The van der Waals surface area contributed by atoms with E-state index in [0.29, 0.717) is 29.0 Å². The Kier molecular flexibility index (Phi) is 7.42. The van der Waals surface area contributed by atoms with Gasteiger partial charge in [0.05, 0.1) is 13.2 Å². The molecule has 0 saturated carbocycles. The molecule has 3 amide bonds. The number of benzene rings is 2. The maximum Gasteiger partial charge on any atom is 0.276 e. The lowest BCUT2D eigenvalue weighted by atomic mass is 10.1. The Morgan fingerprint density at radius 2 is 1.56 bits per heavy atom. The lowest BCUT2D eigenvalue weighted by Gasteiger charge is -2.12. The molecule has 10 nitrogen and oxygen atoms in total. The number of ether oxygens (including phenoxy) is 2. The normalized spacial score (nSPS) is 10.3. The molecule has 32 heavy (non-hydrogen) atoms. The molecule has 2 aromatic carbocycles. The standard InChI is InChI=1S/C22H22N4O6/c1-2-31-17-9-5-6-10-18(17)32-13-20(28)26-25-19(27)12-24-22(30)15-11-23-16-8-4-3-7-14(16)21(15)29/h3-11H,2,12-13H2,1H3,(H,23,29)(H,24,30)(H,25,27)(H,26,28). The van der Waals surface area contributed by atoms with E-state index in [1.807, 2.05) is 6.92 Å². The Morgan fingerprint density at radius 1 is 0.906 bits per heavy atom. The predicted molar refractivity (Wildman–Crippen MR) is 116 cm³/mol. The number of pyridine rings is 1. The highest BCUT2D eigenvalue weighted by molar-refractivity contribution is 5.98. The lowest BCUT2D eigenvalue weighted by Crippen LogP contribution is -2.48. The minimum absolute atomic E-state index is 0.123. The molecule has 0 saturated heterocycles. The van der Waals surface area contributed by atoms with Crippen molar-refractivity contribution >= 4 is 28.6 Å². The number of nitrogens with one attached hydrogen (secondary N) is 4. The van der Waals surface area contributed by atoms with Gasteiger partial charge < -0.3 is 19.8 Å². The van der Waals surface area contributed by atoms with Crippen molar-refractivity contribution in [3.63, 3.8) is 0 Å². The highest BCUT2D eigenvalue weighted by Crippen LogP contribution is 2.26. The van der Waals surface area contributed by atoms with Gasteiger partial charge in [-0.1, -0.05) is 24.3 Å². The van der Waals surface area contributed by atoms with Gasteiger partial charge in [0, 0.05) is 17.1 Å². The molecule has 1 aromatic heterocycles. The third-order valence-electron chi connectivity index (χ3n) is 4.29. The molecule has 1 heterocycles. The van der Waals surface area contributed by atoms with E-state index in [9.17, 15) is 19.2 Å². The quantitative estimate of drug-likeness (QED) is 0.385. The smallest absolute Gasteiger partial charge is 0.276 e. The maximum absolute atomic E-state index is 12.4. The van der Waals surface area contributed by atoms with Crippen molar-refractivity contribution in [1.82, 2.24) is 21.2 Å². The van der Waals surface area contributed by atoms with Gasteiger partial charge in [-0.25, -0.2) is 0 Å². The van der Waals surface area contributed by atoms with Crippen LogP contribution in [0.25, 0.3) is 10.9 Å². The number of hydrogen-bond donors (Lipinski definition) is 4. The number of hydrogen-bond acceptors (Lipinski definition) is 6. The van der Waals surface area contributed by atoms with E-state index >= 15 is 0 Å². The molecule has 166 valence electrons. The van der Waals surface area contributed by atoms with Gasteiger partial charge in [-0.15, -0.1) is 0 Å². The zero-order valence-electron chi connectivity index (χ0n) is 17.3. The number of aromatic amines is 1. The first kappa shape index (κ1) is 22.3. The van der Waals surface area contributed by atoms with E-state index in [4.69, 9.17) is 9.47 Å². The summed E-state index contributed by atoms with van der Waals surface area (Å²) in [4.78, 5) is 51.4. The van der Waals surface area contributed by atoms with Crippen LogP contribution >= 0.6 is 0 Å². The van der Waals surface area contributed by atoms with Crippen LogP contribution in [-0.4, -0.2) is 42.5 Å². The summed E-state index contributed by atoms with van der Waals surface area (Å²) >= 11 is 0. The average Bonchev–Trinajstić information content (AvgIpc) is 2.81. The summed E-state index contributed by atoms with van der Waals surface area (Å²) in [5.41, 5.74) is 4.36. The van der Waals surface area contributed by atoms with Gasteiger partial charge in [-0.05, 0) is 31.2 Å². The Labute approximate surface area is 182 Å². The topological polar surface area (TPSA) is 139 Å². The second kappa shape index (κ2) is 10.6. The van der Waals surface area contributed by atoms with Crippen LogP contribution in [0.15, 0.2) is 59.5 Å². The fourth-order valence-corrected chi connectivity index (χ4v) is 2.80. The molecule has 0 spiro atoms. The highest BCUT2D eigenvalue weighted by Gasteiger charge is 2.14. The van der Waals surface area contributed by atoms with Gasteiger partial charge in [0.2, 0.25) is 5.43 Å². The van der Waals surface area contributed by atoms with Crippen molar-refractivity contribution in [2.45, 2.75) is 6.92 Å². The maximum atomic E-state index is 12.4. The van der Waals surface area contributed by atoms with Gasteiger partial charge in [0.25, 0.3) is 17.7 Å². The Hall–Kier alpha value is -4.34. The van der Waals surface area contributed by atoms with Crippen molar-refractivity contribution < 1.29 is 23.9 Å². The molecule has 3 rings (SSSR count). The Bertz CT molecular complexity index is 1190. The van der Waals surface area contributed by atoms with Crippen LogP contribution in [0.1, 0.15) is 17.3 Å². The lowest BCUT2D eigenvalue weighted by molar-refractivity contribution is -0.129. The summed E-state index contributed by atoms with van der Waals surface area (Å²) in [6.07, 6.45) is 1.29. The van der Waals surface area contributed by atoms with Gasteiger partial charge in [0.15, 0.2) is 18.1 Å². The Balaban J connectivity index is 1.45. The summed E-state index contributed by atoms with van der Waals surface area (Å²) in [5, 5.41) is 2.70. The van der Waals surface area contributed by atoms with Crippen LogP contribution in [0.2, 0.25) is 0 Å². The fraction of sp³-hybridized carbons (Fsp3) is 0.182. The minimum atomic E-state index is -0.714. The van der Waals surface area contributed by atoms with Crippen LogP contribution < -0.4 is 31.1 Å². The predicted octanol–water partition coefficient (Wildman–Crippen LogP) is 0.883. The van der Waals surface area contributed by atoms with Crippen molar-refractivity contribution in [3.8, 4) is 11.5 Å². The van der Waals surface area contributed by atoms with Gasteiger partial charge in [-0.3, -0.25) is 30.0 Å². The van der Waals surface area contributed by atoms with Gasteiger partial charge >= 0.3 is 0 Å². The SMILES string of the molecule is CCOc1ccccc1OCC(=O)NNC(=O)CNC(=O)c1c[nH]c2ccccc2c1=O. The number of rotatable bonds is 8. The molecule has 0 fully saturated rings. The first-order valence-corrected chi connectivity index (χ1v) is 9.80. The van der Waals surface area contributed by atoms with Crippen LogP contribution in [0, 0.1) is 0 Å². The van der Waals surface area contributed by atoms with Gasteiger partial charge in [-0.2, -0.15) is 0 Å². The van der Waals surface area contributed by atoms with E-state index in [-0.39, 0.29) is 12.2 Å². The number of para-hydroxylation sites is 3. The number of carbonyl (C=O) groups excluding carboxylic acids is 3. The molecule has 0 unspecified atom stereocenters. The molecule has 0 aliphatic carbocycles. The molecular weight excluding hydrogens is 416 g/mol. The largest absolute Gasteiger partial charge is 0.490 e. The Morgan fingerprint density at radius 3 is 2.31 bits per heavy atom. The van der Waals surface area contributed by atoms with Crippen LogP contribution in [0.4, 0.5) is 0 Å². The van der Waals surface area contributed by atoms with E-state index < -0.39 is 29.7 Å². The van der Waals surface area contributed by atoms with E-state index in [1.165, 1.54) is 6.20 Å². The first-order chi connectivity index (χ1) is 15.5. The average molecular weight is 438 g/mol. The van der Waals surface area contributed by atoms with Crippen LogP contribution in [0.5, 0.6) is 11.5 Å². The number of fused-ring (bicyclic) bond motifs is 1. The second-order valence-electron chi connectivity index (χ2n) is 6.52. The zero-order valence-corrected chi connectivity index (χ0v) is 17.3. The summed E-state index contributed by atoms with van der Waals surface area (Å²) in [7, 11) is 0. The number of amides is 3. The van der Waals surface area contributed by atoms with Crippen molar-refractivity contribution in [2.24, 2.45) is 0 Å². The van der Waals surface area contributed by atoms with Crippen molar-refractivity contribution in [3.05, 3.63) is 70.5 Å².